The van der Waals surface area contributed by atoms with Gasteiger partial charge in [-0.2, -0.15) is 0 Å². The first-order valence-electron chi connectivity index (χ1n) is 11.0. The predicted octanol–water partition coefficient (Wildman–Crippen LogP) is 8.65. The van der Waals surface area contributed by atoms with E-state index in [1.165, 1.54) is 0 Å². The molecule has 0 saturated carbocycles. The fraction of sp³-hybridized carbons (Fsp3) is 0.556. The standard InChI is InChI=1S/3C9H13.Al/c3*1-6-5-7(2)9(4)8(6)3;/h3*5H,1-4H3;. The van der Waals surface area contributed by atoms with Crippen LogP contribution in [0.2, 0.25) is 14.3 Å². The van der Waals surface area contributed by atoms with E-state index in [0.29, 0.717) is 14.3 Å². The van der Waals surface area contributed by atoms with E-state index < -0.39 is 14.1 Å². The molecule has 0 aromatic heterocycles. The van der Waals surface area contributed by atoms with Gasteiger partial charge in [0.25, 0.3) is 0 Å². The summed E-state index contributed by atoms with van der Waals surface area (Å²) < 4.78 is 2.05. The molecular formula is C27H39Al. The minimum absolute atomic E-state index is 0.683. The summed E-state index contributed by atoms with van der Waals surface area (Å²) in [5.41, 5.74) is 19.3. The molecule has 0 saturated heterocycles. The first-order chi connectivity index (χ1) is 12.9. The van der Waals surface area contributed by atoms with Gasteiger partial charge >= 0.3 is 14.1 Å². The highest BCUT2D eigenvalue weighted by atomic mass is 27.2. The van der Waals surface area contributed by atoms with Gasteiger partial charge < -0.3 is 0 Å². The number of hydrogen-bond donors (Lipinski definition) is 0. The molecule has 0 aromatic carbocycles. The zero-order valence-corrected chi connectivity index (χ0v) is 21.5. The zero-order chi connectivity index (χ0) is 21.2. The van der Waals surface area contributed by atoms with E-state index in [1.807, 2.05) is 0 Å². The van der Waals surface area contributed by atoms with Crippen molar-refractivity contribution >= 4 is 14.1 Å². The Morgan fingerprint density at radius 1 is 0.321 bits per heavy atom. The van der Waals surface area contributed by atoms with Gasteiger partial charge in [-0.3, -0.25) is 0 Å². The molecule has 28 heavy (non-hydrogen) atoms. The van der Waals surface area contributed by atoms with Gasteiger partial charge in [0, 0.05) is 0 Å². The van der Waals surface area contributed by atoms with Crippen LogP contribution in [0, 0.1) is 0 Å². The lowest BCUT2D eigenvalue weighted by Gasteiger charge is -2.36. The lowest BCUT2D eigenvalue weighted by molar-refractivity contribution is 0.939. The van der Waals surface area contributed by atoms with Crippen molar-refractivity contribution in [2.75, 3.05) is 0 Å². The lowest BCUT2D eigenvalue weighted by atomic mass is 10.1. The predicted molar refractivity (Wildman–Crippen MR) is 127 cm³/mol. The largest absolute Gasteiger partial charge is 0.304 e. The smallest absolute Gasteiger partial charge is 0.0761 e. The lowest BCUT2D eigenvalue weighted by Crippen LogP contribution is -2.34. The van der Waals surface area contributed by atoms with Crippen LogP contribution in [0.4, 0.5) is 0 Å². The fourth-order valence-electron chi connectivity index (χ4n) is 6.46. The van der Waals surface area contributed by atoms with Gasteiger partial charge in [0.1, 0.15) is 0 Å². The minimum Gasteiger partial charge on any atom is -0.0761 e. The molecular weight excluding hydrogens is 351 g/mol. The maximum atomic E-state index is 2.43. The molecule has 1 heteroatoms. The van der Waals surface area contributed by atoms with Crippen molar-refractivity contribution in [1.29, 1.82) is 0 Å². The minimum atomic E-state index is -1.32. The van der Waals surface area contributed by atoms with Crippen LogP contribution in [0.25, 0.3) is 0 Å². The highest BCUT2D eigenvalue weighted by Crippen LogP contribution is 2.58. The summed E-state index contributed by atoms with van der Waals surface area (Å²) in [6.07, 6.45) is 0. The Balaban J connectivity index is 2.27. The molecule has 3 aliphatic rings. The van der Waals surface area contributed by atoms with E-state index in [0.717, 1.165) is 0 Å². The maximum Gasteiger partial charge on any atom is 0.304 e. The first-order valence-corrected chi connectivity index (χ1v) is 13.0. The van der Waals surface area contributed by atoms with Crippen molar-refractivity contribution in [3.63, 3.8) is 0 Å². The SMILES string of the molecule is CC1=C(C)[CH]([Al]([CH]2C(C)=C(C)C(C)=C2C)[CH]2C(C)=C(C)C(C)=C2C)C(C)=C1C. The average molecular weight is 391 g/mol. The van der Waals surface area contributed by atoms with Gasteiger partial charge in [-0.25, -0.2) is 0 Å². The molecule has 0 N–H and O–H groups in total. The summed E-state index contributed by atoms with van der Waals surface area (Å²) in [5, 5.41) is 0. The van der Waals surface area contributed by atoms with Gasteiger partial charge in [-0.15, -0.1) is 0 Å². The van der Waals surface area contributed by atoms with Crippen LogP contribution in [0.5, 0.6) is 0 Å². The van der Waals surface area contributed by atoms with E-state index in [9.17, 15) is 0 Å². The van der Waals surface area contributed by atoms with Crippen LogP contribution in [-0.2, 0) is 0 Å². The Bertz CT molecular complexity index is 743. The summed E-state index contributed by atoms with van der Waals surface area (Å²) in [5.74, 6) is 0. The molecule has 3 rings (SSSR count). The van der Waals surface area contributed by atoms with E-state index in [4.69, 9.17) is 0 Å². The van der Waals surface area contributed by atoms with Gasteiger partial charge in [0.2, 0.25) is 0 Å². The number of allylic oxidation sites excluding steroid dienone is 12. The summed E-state index contributed by atoms with van der Waals surface area (Å²) in [4.78, 5) is 0. The molecule has 0 bridgehead atoms. The van der Waals surface area contributed by atoms with Crippen LogP contribution < -0.4 is 0 Å². The van der Waals surface area contributed by atoms with Gasteiger partial charge in [-0.1, -0.05) is 66.9 Å². The van der Waals surface area contributed by atoms with Gasteiger partial charge in [-0.05, 0) is 97.4 Å². The molecule has 0 radical (unpaired) electrons. The Kier molecular flexibility index (Phi) is 5.68. The van der Waals surface area contributed by atoms with Crippen LogP contribution in [0.1, 0.15) is 83.1 Å². The molecule has 0 heterocycles. The molecule has 0 unspecified atom stereocenters. The summed E-state index contributed by atoms with van der Waals surface area (Å²) >= 11 is -1.32. The Hall–Kier alpha value is -1.03. The number of rotatable bonds is 3. The molecule has 0 amide bonds. The second kappa shape index (κ2) is 7.34. The quantitative estimate of drug-likeness (QED) is 0.423. The Morgan fingerprint density at radius 2 is 0.464 bits per heavy atom. The number of hydrogen-bond acceptors (Lipinski definition) is 0. The molecule has 0 atom stereocenters. The van der Waals surface area contributed by atoms with Crippen LogP contribution in [-0.4, -0.2) is 14.1 Å². The van der Waals surface area contributed by atoms with Crippen LogP contribution in [0.15, 0.2) is 66.9 Å². The first kappa shape index (κ1) is 21.7. The van der Waals surface area contributed by atoms with Crippen molar-refractivity contribution in [2.24, 2.45) is 0 Å². The molecule has 3 aliphatic carbocycles. The summed E-state index contributed by atoms with van der Waals surface area (Å²) in [6, 6.07) is 0. The second-order valence-corrected chi connectivity index (χ2v) is 13.0. The third kappa shape index (κ3) is 2.85. The molecule has 0 aromatic rings. The van der Waals surface area contributed by atoms with E-state index in [-0.39, 0.29) is 0 Å². The van der Waals surface area contributed by atoms with E-state index in [1.54, 1.807) is 66.9 Å². The molecule has 0 aliphatic heterocycles. The molecule has 0 spiro atoms. The van der Waals surface area contributed by atoms with Crippen LogP contribution >= 0.6 is 0 Å². The van der Waals surface area contributed by atoms with Crippen molar-refractivity contribution in [2.45, 2.75) is 97.4 Å². The third-order valence-electron chi connectivity index (χ3n) is 9.19. The van der Waals surface area contributed by atoms with Crippen molar-refractivity contribution in [3.05, 3.63) is 66.9 Å². The van der Waals surface area contributed by atoms with Crippen molar-refractivity contribution in [1.82, 2.24) is 0 Å². The highest BCUT2D eigenvalue weighted by molar-refractivity contribution is 6.68. The van der Waals surface area contributed by atoms with Gasteiger partial charge in [0.05, 0.1) is 0 Å². The summed E-state index contributed by atoms with van der Waals surface area (Å²) in [6.45, 7) is 28.7. The molecule has 0 nitrogen and oxygen atoms in total. The average Bonchev–Trinajstić information content (AvgIpc) is 3.06. The molecule has 0 fully saturated rings. The maximum absolute atomic E-state index is 2.43. The fourth-order valence-corrected chi connectivity index (χ4v) is 12.6. The van der Waals surface area contributed by atoms with E-state index >= 15 is 0 Å². The topological polar surface area (TPSA) is 0 Å². The summed E-state index contributed by atoms with van der Waals surface area (Å²) in [7, 11) is 0. The zero-order valence-electron chi connectivity index (χ0n) is 20.3. The highest BCUT2D eigenvalue weighted by Gasteiger charge is 2.50. The Labute approximate surface area is 178 Å². The van der Waals surface area contributed by atoms with Crippen molar-refractivity contribution in [3.8, 4) is 0 Å². The Morgan fingerprint density at radius 3 is 0.607 bits per heavy atom. The van der Waals surface area contributed by atoms with E-state index in [2.05, 4.69) is 83.1 Å². The van der Waals surface area contributed by atoms with Crippen LogP contribution in [0.3, 0.4) is 0 Å². The van der Waals surface area contributed by atoms with Crippen molar-refractivity contribution < 1.29 is 0 Å². The second-order valence-electron chi connectivity index (χ2n) is 9.86. The third-order valence-corrected chi connectivity index (χ3v) is 14.5. The molecule has 150 valence electrons. The van der Waals surface area contributed by atoms with Gasteiger partial charge in [0.15, 0.2) is 0 Å². The normalized spacial score (nSPS) is 23.1. The monoisotopic (exact) mass is 390 g/mol.